The van der Waals surface area contributed by atoms with Crippen molar-refractivity contribution in [1.82, 2.24) is 9.55 Å². The molecule has 0 saturated heterocycles. The molecule has 3 aromatic rings. The van der Waals surface area contributed by atoms with Crippen molar-refractivity contribution in [2.75, 3.05) is 13.0 Å². The molecule has 0 spiro atoms. The Bertz CT molecular complexity index is 857. The molecule has 22 heavy (non-hydrogen) atoms. The zero-order chi connectivity index (χ0) is 15.5. The van der Waals surface area contributed by atoms with Crippen molar-refractivity contribution >= 4 is 22.5 Å². The van der Waals surface area contributed by atoms with E-state index in [4.69, 9.17) is 16.3 Å². The van der Waals surface area contributed by atoms with Gasteiger partial charge in [-0.05, 0) is 36.4 Å². The average molecular weight is 315 g/mol. The molecule has 112 valence electrons. The van der Waals surface area contributed by atoms with Gasteiger partial charge in [-0.2, -0.15) is 0 Å². The van der Waals surface area contributed by atoms with Gasteiger partial charge in [0.25, 0.3) is 5.56 Å². The van der Waals surface area contributed by atoms with Gasteiger partial charge < -0.3 is 4.74 Å². The molecule has 1 aromatic heterocycles. The van der Waals surface area contributed by atoms with Crippen LogP contribution >= 0.6 is 11.6 Å². The number of fused-ring (bicyclic) bond motifs is 1. The number of halogens is 1. The van der Waals surface area contributed by atoms with E-state index in [-0.39, 0.29) is 5.56 Å². The molecule has 5 heteroatoms. The number of nitrogens with zero attached hydrogens (tertiary/aromatic N) is 2. The van der Waals surface area contributed by atoms with Crippen molar-refractivity contribution < 1.29 is 4.74 Å². The summed E-state index contributed by atoms with van der Waals surface area (Å²) in [4.78, 5) is 17.3. The number of benzene rings is 2. The van der Waals surface area contributed by atoms with Crippen LogP contribution in [0, 0.1) is 0 Å². The van der Waals surface area contributed by atoms with Crippen LogP contribution in [-0.2, 0) is 6.54 Å². The molecule has 0 N–H and O–H groups in total. The van der Waals surface area contributed by atoms with E-state index in [2.05, 4.69) is 4.98 Å². The van der Waals surface area contributed by atoms with E-state index in [1.54, 1.807) is 17.7 Å². The summed E-state index contributed by atoms with van der Waals surface area (Å²) in [6.07, 6.45) is 0. The summed E-state index contributed by atoms with van der Waals surface area (Å²) in [5.41, 5.74) is 1.47. The van der Waals surface area contributed by atoms with E-state index < -0.39 is 0 Å². The summed E-state index contributed by atoms with van der Waals surface area (Å²) < 4.78 is 6.79. The van der Waals surface area contributed by atoms with Crippen molar-refractivity contribution in [3.63, 3.8) is 0 Å². The highest BCUT2D eigenvalue weighted by molar-refractivity contribution is 6.17. The molecule has 4 nitrogen and oxygen atoms in total. The maximum absolute atomic E-state index is 12.7. The average Bonchev–Trinajstić information content (AvgIpc) is 2.57. The van der Waals surface area contributed by atoms with Gasteiger partial charge in [0.1, 0.15) is 11.6 Å². The van der Waals surface area contributed by atoms with Crippen LogP contribution in [0.5, 0.6) is 5.75 Å². The molecule has 2 aromatic carbocycles. The highest BCUT2D eigenvalue weighted by Crippen LogP contribution is 2.21. The number of ether oxygens (including phenoxy) is 1. The molecule has 0 bridgehead atoms. The van der Waals surface area contributed by atoms with Crippen LogP contribution in [0.3, 0.4) is 0 Å². The van der Waals surface area contributed by atoms with E-state index in [0.717, 1.165) is 11.3 Å². The third-order valence-corrected chi connectivity index (χ3v) is 3.69. The molecule has 0 amide bonds. The normalized spacial score (nSPS) is 10.8. The van der Waals surface area contributed by atoms with Crippen LogP contribution in [0.15, 0.2) is 53.3 Å². The Labute approximate surface area is 132 Å². The van der Waals surface area contributed by atoms with Crippen molar-refractivity contribution in [3.05, 3.63) is 58.9 Å². The lowest BCUT2D eigenvalue weighted by Gasteiger charge is -2.13. The number of rotatable bonds is 4. The maximum atomic E-state index is 12.7. The van der Waals surface area contributed by atoms with Gasteiger partial charge in [-0.3, -0.25) is 9.36 Å². The topological polar surface area (TPSA) is 44.1 Å². The van der Waals surface area contributed by atoms with Crippen LogP contribution in [0.1, 0.15) is 0 Å². The standard InChI is InChI=1S/C17H15ClN2O2/c1-22-13-8-6-12(7-9-13)16-19-15-5-3-2-4-14(15)17(21)20(16)11-10-18/h2-9H,10-11H2,1H3. The van der Waals surface area contributed by atoms with Crippen molar-refractivity contribution in [1.29, 1.82) is 0 Å². The second-order valence-electron chi connectivity index (χ2n) is 4.83. The minimum Gasteiger partial charge on any atom is -0.497 e. The first-order valence-electron chi connectivity index (χ1n) is 6.94. The lowest BCUT2D eigenvalue weighted by Crippen LogP contribution is -2.24. The minimum atomic E-state index is -0.0722. The van der Waals surface area contributed by atoms with Gasteiger partial charge in [0.05, 0.1) is 18.0 Å². The Balaban J connectivity index is 2.26. The molecular weight excluding hydrogens is 300 g/mol. The first-order valence-corrected chi connectivity index (χ1v) is 7.48. The molecule has 0 aliphatic rings. The third kappa shape index (κ3) is 2.57. The quantitative estimate of drug-likeness (QED) is 0.694. The van der Waals surface area contributed by atoms with Crippen LogP contribution in [0.4, 0.5) is 0 Å². The molecule has 0 saturated carbocycles. The smallest absolute Gasteiger partial charge is 0.261 e. The van der Waals surface area contributed by atoms with Gasteiger partial charge >= 0.3 is 0 Å². The molecule has 0 atom stereocenters. The third-order valence-electron chi connectivity index (χ3n) is 3.52. The highest BCUT2D eigenvalue weighted by atomic mass is 35.5. The zero-order valence-electron chi connectivity index (χ0n) is 12.1. The van der Waals surface area contributed by atoms with Crippen LogP contribution in [0.25, 0.3) is 22.3 Å². The van der Waals surface area contributed by atoms with Gasteiger partial charge in [0, 0.05) is 18.0 Å². The Kier molecular flexibility index (Phi) is 4.11. The van der Waals surface area contributed by atoms with Gasteiger partial charge in [0.2, 0.25) is 0 Å². The Morgan fingerprint density at radius 3 is 2.55 bits per heavy atom. The van der Waals surface area contributed by atoms with E-state index in [9.17, 15) is 4.79 Å². The molecule has 0 aliphatic carbocycles. The highest BCUT2D eigenvalue weighted by Gasteiger charge is 2.12. The molecule has 0 unspecified atom stereocenters. The SMILES string of the molecule is COc1ccc(-c2nc3ccccc3c(=O)n2CCCl)cc1. The van der Waals surface area contributed by atoms with Gasteiger partial charge in [-0.15, -0.1) is 11.6 Å². The number of aromatic nitrogens is 2. The largest absolute Gasteiger partial charge is 0.497 e. The Morgan fingerprint density at radius 1 is 1.14 bits per heavy atom. The summed E-state index contributed by atoms with van der Waals surface area (Å²) in [5.74, 6) is 1.73. The Morgan fingerprint density at radius 2 is 1.86 bits per heavy atom. The number of hydrogen-bond acceptors (Lipinski definition) is 3. The summed E-state index contributed by atoms with van der Waals surface area (Å²) >= 11 is 5.86. The number of para-hydroxylation sites is 1. The van der Waals surface area contributed by atoms with E-state index in [0.29, 0.717) is 29.2 Å². The molecule has 1 heterocycles. The van der Waals surface area contributed by atoms with E-state index in [1.165, 1.54) is 0 Å². The fraction of sp³-hybridized carbons (Fsp3) is 0.176. The second-order valence-corrected chi connectivity index (χ2v) is 5.20. The van der Waals surface area contributed by atoms with Gasteiger partial charge in [0.15, 0.2) is 0 Å². The monoisotopic (exact) mass is 314 g/mol. The molecule has 0 fully saturated rings. The summed E-state index contributed by atoms with van der Waals surface area (Å²) in [5, 5.41) is 0.602. The first kappa shape index (κ1) is 14.6. The van der Waals surface area contributed by atoms with Crippen LogP contribution in [-0.4, -0.2) is 22.5 Å². The fourth-order valence-electron chi connectivity index (χ4n) is 2.42. The maximum Gasteiger partial charge on any atom is 0.261 e. The predicted molar refractivity (Wildman–Crippen MR) is 88.7 cm³/mol. The molecular formula is C17H15ClN2O2. The number of alkyl halides is 1. The minimum absolute atomic E-state index is 0.0722. The van der Waals surface area contributed by atoms with Crippen LogP contribution < -0.4 is 10.3 Å². The lowest BCUT2D eigenvalue weighted by atomic mass is 10.1. The first-order chi connectivity index (χ1) is 10.7. The Hall–Kier alpha value is -2.33. The molecule has 0 radical (unpaired) electrons. The van der Waals surface area contributed by atoms with Crippen molar-refractivity contribution in [3.8, 4) is 17.1 Å². The second kappa shape index (κ2) is 6.20. The number of methoxy groups -OCH3 is 1. The predicted octanol–water partition coefficient (Wildman–Crippen LogP) is 3.31. The summed E-state index contributed by atoms with van der Waals surface area (Å²) in [6, 6.07) is 14.8. The fourth-order valence-corrected chi connectivity index (χ4v) is 2.59. The zero-order valence-corrected chi connectivity index (χ0v) is 12.9. The van der Waals surface area contributed by atoms with Crippen molar-refractivity contribution in [2.45, 2.75) is 6.54 Å². The van der Waals surface area contributed by atoms with E-state index in [1.807, 2.05) is 42.5 Å². The van der Waals surface area contributed by atoms with Gasteiger partial charge in [-0.1, -0.05) is 12.1 Å². The van der Waals surface area contributed by atoms with E-state index >= 15 is 0 Å². The van der Waals surface area contributed by atoms with Crippen LogP contribution in [0.2, 0.25) is 0 Å². The van der Waals surface area contributed by atoms with Crippen molar-refractivity contribution in [2.24, 2.45) is 0 Å². The van der Waals surface area contributed by atoms with Gasteiger partial charge in [-0.25, -0.2) is 4.98 Å². The summed E-state index contributed by atoms with van der Waals surface area (Å²) in [7, 11) is 1.62. The molecule has 3 rings (SSSR count). The molecule has 0 aliphatic heterocycles. The lowest BCUT2D eigenvalue weighted by molar-refractivity contribution is 0.415. The number of hydrogen-bond donors (Lipinski definition) is 0. The summed E-state index contributed by atoms with van der Waals surface area (Å²) in [6.45, 7) is 0.416.